The Bertz CT molecular complexity index is 355. The van der Waals surface area contributed by atoms with Crippen LogP contribution in [0.1, 0.15) is 28.7 Å². The second-order valence-electron chi connectivity index (χ2n) is 3.14. The van der Waals surface area contributed by atoms with Gasteiger partial charge in [0, 0.05) is 12.4 Å². The van der Waals surface area contributed by atoms with E-state index < -0.39 is 0 Å². The Morgan fingerprint density at radius 3 is 2.87 bits per heavy atom. The number of nitrogens with one attached hydrogen (secondary N) is 1. The summed E-state index contributed by atoms with van der Waals surface area (Å²) in [6.45, 7) is 4.22. The van der Waals surface area contributed by atoms with E-state index in [1.807, 2.05) is 13.8 Å². The summed E-state index contributed by atoms with van der Waals surface area (Å²) in [6, 6.07) is 1.75. The summed E-state index contributed by atoms with van der Waals surface area (Å²) in [7, 11) is 0. The van der Waals surface area contributed by atoms with Crippen LogP contribution in [0.15, 0.2) is 6.07 Å². The third-order valence-electron chi connectivity index (χ3n) is 1.95. The van der Waals surface area contributed by atoms with Crippen molar-refractivity contribution >= 4 is 17.5 Å². The highest BCUT2D eigenvalue weighted by Gasteiger charge is 2.11. The molecule has 0 aliphatic heterocycles. The molecule has 0 fully saturated rings. The van der Waals surface area contributed by atoms with Gasteiger partial charge in [-0.15, -0.1) is 11.6 Å². The summed E-state index contributed by atoms with van der Waals surface area (Å²) in [5, 5.41) is 10.6. The van der Waals surface area contributed by atoms with Crippen LogP contribution < -0.4 is 5.32 Å². The van der Waals surface area contributed by atoms with Crippen LogP contribution in [-0.2, 0) is 6.42 Å². The Morgan fingerprint density at radius 2 is 2.27 bits per heavy atom. The molecule has 0 saturated heterocycles. The number of rotatable bonds is 4. The van der Waals surface area contributed by atoms with Gasteiger partial charge in [0.15, 0.2) is 0 Å². The van der Waals surface area contributed by atoms with E-state index in [2.05, 4.69) is 15.5 Å². The number of alkyl halides is 1. The van der Waals surface area contributed by atoms with Gasteiger partial charge in [-0.2, -0.15) is 10.2 Å². The molecule has 1 aromatic heterocycles. The highest BCUT2D eigenvalue weighted by molar-refractivity contribution is 6.18. The molecule has 1 rings (SSSR count). The number of carbonyl (C=O) groups is 1. The first-order valence-electron chi connectivity index (χ1n) is 4.86. The van der Waals surface area contributed by atoms with E-state index >= 15 is 0 Å². The molecule has 5 heteroatoms. The molecule has 1 aromatic rings. The van der Waals surface area contributed by atoms with Gasteiger partial charge in [-0.3, -0.25) is 4.79 Å². The number of carbonyl (C=O) groups excluding carboxylic acids is 1. The Labute approximate surface area is 94.0 Å². The number of nitrogens with zero attached hydrogens (tertiary/aromatic N) is 2. The minimum absolute atomic E-state index is 0.134. The molecule has 15 heavy (non-hydrogen) atoms. The van der Waals surface area contributed by atoms with Gasteiger partial charge < -0.3 is 5.32 Å². The maximum atomic E-state index is 11.7. The van der Waals surface area contributed by atoms with Crippen LogP contribution >= 0.6 is 11.6 Å². The molecule has 0 aliphatic carbocycles. The number of aryl methyl sites for hydroxylation is 2. The first-order chi connectivity index (χ1) is 7.19. The summed E-state index contributed by atoms with van der Waals surface area (Å²) in [5.74, 6) is 0.274. The van der Waals surface area contributed by atoms with Gasteiger partial charge >= 0.3 is 0 Å². The van der Waals surface area contributed by atoms with Crippen molar-refractivity contribution in [1.82, 2.24) is 15.5 Å². The topological polar surface area (TPSA) is 54.9 Å². The fraction of sp³-hybridized carbons (Fsp3) is 0.500. The minimum atomic E-state index is -0.134. The Hall–Kier alpha value is -1.16. The molecule has 0 aliphatic rings. The van der Waals surface area contributed by atoms with Gasteiger partial charge in [0.05, 0.1) is 17.0 Å². The summed E-state index contributed by atoms with van der Waals surface area (Å²) in [4.78, 5) is 11.7. The molecule has 1 amide bonds. The fourth-order valence-electron chi connectivity index (χ4n) is 1.23. The summed E-state index contributed by atoms with van der Waals surface area (Å²) in [5.41, 5.74) is 2.05. The van der Waals surface area contributed by atoms with Crippen LogP contribution in [0.2, 0.25) is 0 Å². The van der Waals surface area contributed by atoms with E-state index in [1.165, 1.54) is 0 Å². The molecule has 0 spiro atoms. The first-order valence-corrected chi connectivity index (χ1v) is 5.39. The summed E-state index contributed by atoms with van der Waals surface area (Å²) in [6.07, 6.45) is 0.691. The molecule has 0 unspecified atom stereocenters. The lowest BCUT2D eigenvalue weighted by Crippen LogP contribution is -2.27. The third kappa shape index (κ3) is 3.16. The zero-order valence-electron chi connectivity index (χ0n) is 8.88. The SMILES string of the molecule is CCc1nnc(C)cc1C(=O)NCCCl. The van der Waals surface area contributed by atoms with Crippen molar-refractivity contribution in [2.24, 2.45) is 0 Å². The van der Waals surface area contributed by atoms with Crippen molar-refractivity contribution in [2.75, 3.05) is 12.4 Å². The van der Waals surface area contributed by atoms with Gasteiger partial charge in [-0.25, -0.2) is 0 Å². The number of hydrogen-bond acceptors (Lipinski definition) is 3. The number of aromatic nitrogens is 2. The lowest BCUT2D eigenvalue weighted by Gasteiger charge is -2.07. The van der Waals surface area contributed by atoms with E-state index in [1.54, 1.807) is 6.07 Å². The normalized spacial score (nSPS) is 10.1. The molecule has 0 radical (unpaired) electrons. The van der Waals surface area contributed by atoms with Crippen molar-refractivity contribution in [3.8, 4) is 0 Å². The molecular formula is C10H14ClN3O. The smallest absolute Gasteiger partial charge is 0.253 e. The van der Waals surface area contributed by atoms with Crippen molar-refractivity contribution in [1.29, 1.82) is 0 Å². The van der Waals surface area contributed by atoms with Crippen molar-refractivity contribution < 1.29 is 4.79 Å². The summed E-state index contributed by atoms with van der Waals surface area (Å²) >= 11 is 5.50. The number of amides is 1. The van der Waals surface area contributed by atoms with Crippen molar-refractivity contribution in [3.05, 3.63) is 23.0 Å². The molecule has 1 N–H and O–H groups in total. The van der Waals surface area contributed by atoms with Crippen molar-refractivity contribution in [3.63, 3.8) is 0 Å². The van der Waals surface area contributed by atoms with Crippen molar-refractivity contribution in [2.45, 2.75) is 20.3 Å². The molecule has 0 saturated carbocycles. The predicted molar refractivity (Wildman–Crippen MR) is 59.2 cm³/mol. The van der Waals surface area contributed by atoms with Gasteiger partial charge in [0.1, 0.15) is 0 Å². The van der Waals surface area contributed by atoms with Crippen LogP contribution in [0.4, 0.5) is 0 Å². The van der Waals surface area contributed by atoms with Crippen LogP contribution in [0, 0.1) is 6.92 Å². The maximum Gasteiger partial charge on any atom is 0.253 e. The molecular weight excluding hydrogens is 214 g/mol. The van der Waals surface area contributed by atoms with Gasteiger partial charge in [0.2, 0.25) is 0 Å². The van der Waals surface area contributed by atoms with E-state index in [4.69, 9.17) is 11.6 Å². The molecule has 0 bridgehead atoms. The molecule has 82 valence electrons. The van der Waals surface area contributed by atoms with E-state index in [0.29, 0.717) is 30.1 Å². The average Bonchev–Trinajstić information content (AvgIpc) is 2.25. The second kappa shape index (κ2) is 5.66. The van der Waals surface area contributed by atoms with Gasteiger partial charge in [-0.1, -0.05) is 6.92 Å². The Morgan fingerprint density at radius 1 is 1.53 bits per heavy atom. The fourth-order valence-corrected chi connectivity index (χ4v) is 1.32. The largest absolute Gasteiger partial charge is 0.351 e. The average molecular weight is 228 g/mol. The second-order valence-corrected chi connectivity index (χ2v) is 3.52. The molecule has 4 nitrogen and oxygen atoms in total. The molecule has 1 heterocycles. The highest BCUT2D eigenvalue weighted by Crippen LogP contribution is 2.07. The lowest BCUT2D eigenvalue weighted by molar-refractivity contribution is 0.0954. The van der Waals surface area contributed by atoms with E-state index in [-0.39, 0.29) is 5.91 Å². The lowest BCUT2D eigenvalue weighted by atomic mass is 10.1. The van der Waals surface area contributed by atoms with Crippen LogP contribution in [0.25, 0.3) is 0 Å². The van der Waals surface area contributed by atoms with Gasteiger partial charge in [0.25, 0.3) is 5.91 Å². The van der Waals surface area contributed by atoms with Crippen LogP contribution in [-0.4, -0.2) is 28.5 Å². The Balaban J connectivity index is 2.90. The monoisotopic (exact) mass is 227 g/mol. The van der Waals surface area contributed by atoms with Crippen LogP contribution in [0.5, 0.6) is 0 Å². The highest BCUT2D eigenvalue weighted by atomic mass is 35.5. The zero-order valence-corrected chi connectivity index (χ0v) is 9.64. The number of hydrogen-bond donors (Lipinski definition) is 1. The predicted octanol–water partition coefficient (Wildman–Crippen LogP) is 1.32. The third-order valence-corrected chi connectivity index (χ3v) is 2.14. The quantitative estimate of drug-likeness (QED) is 0.790. The number of halogens is 1. The first kappa shape index (κ1) is 11.9. The van der Waals surface area contributed by atoms with E-state index in [0.717, 1.165) is 5.69 Å². The summed E-state index contributed by atoms with van der Waals surface area (Å²) < 4.78 is 0. The van der Waals surface area contributed by atoms with Gasteiger partial charge in [-0.05, 0) is 19.4 Å². The van der Waals surface area contributed by atoms with Crippen LogP contribution in [0.3, 0.4) is 0 Å². The molecule has 0 aromatic carbocycles. The zero-order chi connectivity index (χ0) is 11.3. The minimum Gasteiger partial charge on any atom is -0.351 e. The Kier molecular flexibility index (Phi) is 4.49. The maximum absolute atomic E-state index is 11.7. The van der Waals surface area contributed by atoms with E-state index in [9.17, 15) is 4.79 Å². The standard InChI is InChI=1S/C10H14ClN3O/c1-3-9-8(6-7(2)13-14-9)10(15)12-5-4-11/h6H,3-5H2,1-2H3,(H,12,15). The molecule has 0 atom stereocenters.